The maximum Gasteiger partial charge on any atom is 0.335 e. The molecule has 1 aromatic rings. The van der Waals surface area contributed by atoms with E-state index in [9.17, 15) is 18.0 Å². The number of carbonyl (C=O) groups is 2. The molecular weight excluding hydrogens is 364 g/mol. The standard InChI is InChI=1S/C12H15BrN2O5S/c1-2-21(19,20)6-5-14-12(18)15-10-7-8(11(16)17)3-4-9(10)13/h3-4,7H,2,5-6H2,1H3,(H,16,17)(H2,14,15,18). The second-order valence-electron chi connectivity index (χ2n) is 4.12. The number of carboxylic acid groups (broad SMARTS) is 1. The number of nitrogens with one attached hydrogen (secondary N) is 2. The van der Waals surface area contributed by atoms with Crippen LogP contribution in [0.5, 0.6) is 0 Å². The van der Waals surface area contributed by atoms with E-state index in [1.807, 2.05) is 0 Å². The Kier molecular flexibility index (Phi) is 6.16. The first-order valence-corrected chi connectivity index (χ1v) is 8.64. The molecule has 0 aliphatic heterocycles. The van der Waals surface area contributed by atoms with Gasteiger partial charge in [0, 0.05) is 16.8 Å². The predicted octanol–water partition coefficient (Wildman–Crippen LogP) is 1.70. The first kappa shape index (κ1) is 17.4. The number of hydrogen-bond acceptors (Lipinski definition) is 4. The van der Waals surface area contributed by atoms with Crippen molar-refractivity contribution in [2.45, 2.75) is 6.92 Å². The van der Waals surface area contributed by atoms with Crippen molar-refractivity contribution in [3.63, 3.8) is 0 Å². The molecule has 1 rings (SSSR count). The zero-order valence-corrected chi connectivity index (χ0v) is 13.6. The van der Waals surface area contributed by atoms with Gasteiger partial charge in [-0.25, -0.2) is 18.0 Å². The molecule has 0 aromatic heterocycles. The number of carbonyl (C=O) groups excluding carboxylic acids is 1. The van der Waals surface area contributed by atoms with Gasteiger partial charge in [-0.15, -0.1) is 0 Å². The van der Waals surface area contributed by atoms with Crippen LogP contribution in [0.1, 0.15) is 17.3 Å². The van der Waals surface area contributed by atoms with Gasteiger partial charge < -0.3 is 15.7 Å². The largest absolute Gasteiger partial charge is 0.478 e. The van der Waals surface area contributed by atoms with Crippen molar-refractivity contribution >= 4 is 43.5 Å². The monoisotopic (exact) mass is 378 g/mol. The fourth-order valence-corrected chi connectivity index (χ4v) is 2.43. The minimum Gasteiger partial charge on any atom is -0.478 e. The number of halogens is 1. The summed E-state index contributed by atoms with van der Waals surface area (Å²) in [5.74, 6) is -1.24. The summed E-state index contributed by atoms with van der Waals surface area (Å²) in [7, 11) is -3.14. The maximum atomic E-state index is 11.6. The maximum absolute atomic E-state index is 11.6. The average Bonchev–Trinajstić information content (AvgIpc) is 2.40. The van der Waals surface area contributed by atoms with Crippen LogP contribution in [-0.2, 0) is 9.84 Å². The molecule has 0 bridgehead atoms. The molecule has 0 saturated heterocycles. The van der Waals surface area contributed by atoms with E-state index < -0.39 is 21.8 Å². The molecule has 0 saturated carbocycles. The van der Waals surface area contributed by atoms with Gasteiger partial charge in [0.25, 0.3) is 0 Å². The Morgan fingerprint density at radius 1 is 1.33 bits per heavy atom. The van der Waals surface area contributed by atoms with E-state index in [0.717, 1.165) is 0 Å². The minimum absolute atomic E-state index is 0.0156. The summed E-state index contributed by atoms with van der Waals surface area (Å²) in [5.41, 5.74) is 0.313. The van der Waals surface area contributed by atoms with Gasteiger partial charge in [0.05, 0.1) is 17.0 Å². The summed E-state index contributed by atoms with van der Waals surface area (Å²) in [6, 6.07) is 3.59. The van der Waals surface area contributed by atoms with Crippen molar-refractivity contribution in [2.24, 2.45) is 0 Å². The molecule has 7 nitrogen and oxygen atoms in total. The Labute approximate surface area is 130 Å². The Morgan fingerprint density at radius 2 is 2.00 bits per heavy atom. The zero-order valence-electron chi connectivity index (χ0n) is 11.2. The summed E-state index contributed by atoms with van der Waals surface area (Å²) < 4.78 is 23.1. The van der Waals surface area contributed by atoms with Gasteiger partial charge in [0.1, 0.15) is 0 Å². The van der Waals surface area contributed by atoms with Gasteiger partial charge in [-0.05, 0) is 34.1 Å². The number of anilines is 1. The van der Waals surface area contributed by atoms with Crippen molar-refractivity contribution < 1.29 is 23.1 Å². The van der Waals surface area contributed by atoms with Crippen LogP contribution in [0, 0.1) is 0 Å². The van der Waals surface area contributed by atoms with E-state index in [4.69, 9.17) is 5.11 Å². The van der Waals surface area contributed by atoms with E-state index in [-0.39, 0.29) is 29.3 Å². The minimum atomic E-state index is -3.14. The van der Waals surface area contributed by atoms with Gasteiger partial charge in [-0.2, -0.15) is 0 Å². The Morgan fingerprint density at radius 3 is 2.57 bits per heavy atom. The number of urea groups is 1. The lowest BCUT2D eigenvalue weighted by Gasteiger charge is -2.10. The second-order valence-corrected chi connectivity index (χ2v) is 7.44. The third kappa shape index (κ3) is 5.72. The molecule has 0 aliphatic carbocycles. The van der Waals surface area contributed by atoms with Crippen molar-refractivity contribution in [2.75, 3.05) is 23.4 Å². The van der Waals surface area contributed by atoms with Crippen molar-refractivity contribution in [3.05, 3.63) is 28.2 Å². The van der Waals surface area contributed by atoms with E-state index >= 15 is 0 Å². The van der Waals surface area contributed by atoms with Gasteiger partial charge >= 0.3 is 12.0 Å². The number of sulfone groups is 1. The number of amides is 2. The molecule has 9 heteroatoms. The lowest BCUT2D eigenvalue weighted by molar-refractivity contribution is 0.0697. The highest BCUT2D eigenvalue weighted by Crippen LogP contribution is 2.23. The van der Waals surface area contributed by atoms with Gasteiger partial charge in [0.2, 0.25) is 0 Å². The van der Waals surface area contributed by atoms with Gasteiger partial charge in [-0.1, -0.05) is 6.92 Å². The molecule has 0 spiro atoms. The average molecular weight is 379 g/mol. The number of aromatic carboxylic acids is 1. The topological polar surface area (TPSA) is 113 Å². The van der Waals surface area contributed by atoms with E-state index in [2.05, 4.69) is 26.6 Å². The molecule has 3 N–H and O–H groups in total. The van der Waals surface area contributed by atoms with Crippen molar-refractivity contribution in [1.82, 2.24) is 5.32 Å². The van der Waals surface area contributed by atoms with Crippen molar-refractivity contribution in [3.8, 4) is 0 Å². The Hall–Kier alpha value is -1.61. The third-order valence-electron chi connectivity index (χ3n) is 2.60. The quantitative estimate of drug-likeness (QED) is 0.697. The summed E-state index contributed by atoms with van der Waals surface area (Å²) in [5, 5.41) is 13.7. The van der Waals surface area contributed by atoms with E-state index in [1.54, 1.807) is 0 Å². The Balaban J connectivity index is 2.63. The van der Waals surface area contributed by atoms with Crippen LogP contribution < -0.4 is 10.6 Å². The van der Waals surface area contributed by atoms with Crippen molar-refractivity contribution in [1.29, 1.82) is 0 Å². The molecule has 0 aliphatic rings. The first-order valence-electron chi connectivity index (χ1n) is 6.03. The normalized spacial score (nSPS) is 11.0. The molecule has 1 aromatic carbocycles. The molecule has 0 atom stereocenters. The molecule has 0 unspecified atom stereocenters. The number of hydrogen-bond donors (Lipinski definition) is 3. The van der Waals surface area contributed by atoms with Crippen LogP contribution >= 0.6 is 15.9 Å². The van der Waals surface area contributed by atoms with Crippen LogP contribution in [0.25, 0.3) is 0 Å². The SMILES string of the molecule is CCS(=O)(=O)CCNC(=O)Nc1cc(C(=O)O)ccc1Br. The second kappa shape index (κ2) is 7.41. The van der Waals surface area contributed by atoms with Crippen LogP contribution in [0.3, 0.4) is 0 Å². The molecule has 2 amide bonds. The van der Waals surface area contributed by atoms with Gasteiger partial charge in [0.15, 0.2) is 9.84 Å². The highest BCUT2D eigenvalue weighted by Gasteiger charge is 2.11. The van der Waals surface area contributed by atoms with Crippen LogP contribution in [-0.4, -0.2) is 43.6 Å². The fourth-order valence-electron chi connectivity index (χ4n) is 1.39. The van der Waals surface area contributed by atoms with Crippen LogP contribution in [0.4, 0.5) is 10.5 Å². The summed E-state index contributed by atoms with van der Waals surface area (Å²) >= 11 is 3.19. The summed E-state index contributed by atoms with van der Waals surface area (Å²) in [4.78, 5) is 22.5. The molecular formula is C12H15BrN2O5S. The molecule has 0 heterocycles. The molecule has 0 fully saturated rings. The highest BCUT2D eigenvalue weighted by molar-refractivity contribution is 9.10. The first-order chi connectivity index (χ1) is 9.75. The highest BCUT2D eigenvalue weighted by atomic mass is 79.9. The number of carboxylic acids is 1. The number of rotatable bonds is 6. The summed E-state index contributed by atoms with van der Waals surface area (Å²) in [6.07, 6.45) is 0. The van der Waals surface area contributed by atoms with Gasteiger partial charge in [-0.3, -0.25) is 0 Å². The lowest BCUT2D eigenvalue weighted by Crippen LogP contribution is -2.33. The summed E-state index contributed by atoms with van der Waals surface area (Å²) in [6.45, 7) is 1.52. The Bertz CT molecular complexity index is 645. The molecule has 0 radical (unpaired) electrons. The zero-order chi connectivity index (χ0) is 16.0. The van der Waals surface area contributed by atoms with E-state index in [0.29, 0.717) is 4.47 Å². The third-order valence-corrected chi connectivity index (χ3v) is 5.00. The molecule has 116 valence electrons. The lowest BCUT2D eigenvalue weighted by atomic mass is 10.2. The van der Waals surface area contributed by atoms with E-state index in [1.165, 1.54) is 25.1 Å². The molecule has 21 heavy (non-hydrogen) atoms. The predicted molar refractivity (Wildman–Crippen MR) is 82.5 cm³/mol. The fraction of sp³-hybridized carbons (Fsp3) is 0.333. The van der Waals surface area contributed by atoms with Crippen LogP contribution in [0.15, 0.2) is 22.7 Å². The number of benzene rings is 1. The smallest absolute Gasteiger partial charge is 0.335 e. The van der Waals surface area contributed by atoms with Crippen LogP contribution in [0.2, 0.25) is 0 Å².